The average Bonchev–Trinajstić information content (AvgIpc) is 2.17. The summed E-state index contributed by atoms with van der Waals surface area (Å²) in [6.07, 6.45) is 0. The molecule has 0 fully saturated rings. The number of nitriles is 1. The standard InChI is InChI=1S/C8H9N3O2S/c9-4-6-1-2-8(11-14(12)13)7(3-6)5-10/h1-3,11H,4,9H2,(H,12,13)/p-1. The van der Waals surface area contributed by atoms with Gasteiger partial charge in [0.25, 0.3) is 0 Å². The maximum absolute atomic E-state index is 10.3. The van der Waals surface area contributed by atoms with Gasteiger partial charge < -0.3 is 15.0 Å². The Bertz CT molecular complexity index is 400. The number of benzene rings is 1. The highest BCUT2D eigenvalue weighted by Crippen LogP contribution is 2.16. The third-order valence-corrected chi connectivity index (χ3v) is 2.02. The number of hydrogen-bond donors (Lipinski definition) is 2. The van der Waals surface area contributed by atoms with Crippen molar-refractivity contribution >= 4 is 17.0 Å². The van der Waals surface area contributed by atoms with Crippen molar-refractivity contribution in [1.82, 2.24) is 0 Å². The summed E-state index contributed by atoms with van der Waals surface area (Å²) in [5.41, 5.74) is 6.68. The maximum Gasteiger partial charge on any atom is 0.101 e. The van der Waals surface area contributed by atoms with Gasteiger partial charge >= 0.3 is 0 Å². The van der Waals surface area contributed by atoms with Crippen LogP contribution in [0, 0.1) is 11.3 Å². The Morgan fingerprint density at radius 3 is 2.86 bits per heavy atom. The van der Waals surface area contributed by atoms with Crippen LogP contribution >= 0.6 is 0 Å². The summed E-state index contributed by atoms with van der Waals surface area (Å²) < 4.78 is 22.8. The zero-order valence-electron chi connectivity index (χ0n) is 7.19. The van der Waals surface area contributed by atoms with Crippen LogP contribution < -0.4 is 10.5 Å². The second-order valence-electron chi connectivity index (χ2n) is 2.53. The number of rotatable bonds is 3. The summed E-state index contributed by atoms with van der Waals surface area (Å²) >= 11 is -2.42. The number of hydrogen-bond acceptors (Lipinski definition) is 4. The fraction of sp³-hybridized carbons (Fsp3) is 0.125. The van der Waals surface area contributed by atoms with Crippen LogP contribution in [0.4, 0.5) is 5.69 Å². The van der Waals surface area contributed by atoms with Crippen LogP contribution in [0.25, 0.3) is 0 Å². The highest BCUT2D eigenvalue weighted by Gasteiger charge is 2.02. The van der Waals surface area contributed by atoms with Gasteiger partial charge in [-0.1, -0.05) is 6.07 Å². The molecule has 6 heteroatoms. The van der Waals surface area contributed by atoms with Crippen molar-refractivity contribution in [1.29, 1.82) is 5.26 Å². The van der Waals surface area contributed by atoms with Crippen LogP contribution in [0.1, 0.15) is 11.1 Å². The molecule has 0 radical (unpaired) electrons. The zero-order chi connectivity index (χ0) is 10.6. The summed E-state index contributed by atoms with van der Waals surface area (Å²) in [5.74, 6) is 0. The molecular formula is C8H8N3O2S-. The van der Waals surface area contributed by atoms with Crippen LogP contribution in [0.2, 0.25) is 0 Å². The minimum Gasteiger partial charge on any atom is -0.755 e. The number of nitrogens with zero attached hydrogens (tertiary/aromatic N) is 1. The van der Waals surface area contributed by atoms with Crippen molar-refractivity contribution in [2.75, 3.05) is 4.72 Å². The van der Waals surface area contributed by atoms with Crippen molar-refractivity contribution in [3.63, 3.8) is 0 Å². The predicted octanol–water partition coefficient (Wildman–Crippen LogP) is 0.223. The third-order valence-electron chi connectivity index (χ3n) is 1.63. The summed E-state index contributed by atoms with van der Waals surface area (Å²) in [7, 11) is 0. The minimum absolute atomic E-state index is 0.261. The van der Waals surface area contributed by atoms with Gasteiger partial charge in [-0.15, -0.1) is 0 Å². The highest BCUT2D eigenvalue weighted by atomic mass is 32.2. The second-order valence-corrected chi connectivity index (χ2v) is 3.21. The Balaban J connectivity index is 3.07. The van der Waals surface area contributed by atoms with Crippen molar-refractivity contribution in [3.05, 3.63) is 29.3 Å². The third kappa shape index (κ3) is 2.53. The molecule has 1 aromatic rings. The quantitative estimate of drug-likeness (QED) is 0.697. The van der Waals surface area contributed by atoms with E-state index in [2.05, 4.69) is 4.72 Å². The van der Waals surface area contributed by atoms with Gasteiger partial charge in [-0.25, -0.2) is 0 Å². The normalized spacial score (nSPS) is 11.8. The Kier molecular flexibility index (Phi) is 3.59. The number of nitrogens with two attached hydrogens (primary N) is 1. The lowest BCUT2D eigenvalue weighted by Gasteiger charge is -2.10. The van der Waals surface area contributed by atoms with Gasteiger partial charge in [0.05, 0.1) is 11.3 Å². The molecule has 0 heterocycles. The second kappa shape index (κ2) is 4.72. The fourth-order valence-electron chi connectivity index (χ4n) is 0.990. The topological polar surface area (TPSA) is 102 Å². The minimum atomic E-state index is -2.42. The molecule has 14 heavy (non-hydrogen) atoms. The molecule has 0 spiro atoms. The van der Waals surface area contributed by atoms with E-state index in [1.54, 1.807) is 12.1 Å². The predicted molar refractivity (Wildman–Crippen MR) is 51.6 cm³/mol. The molecule has 0 aliphatic rings. The molecule has 0 saturated heterocycles. The summed E-state index contributed by atoms with van der Waals surface area (Å²) in [5, 5.41) is 8.72. The zero-order valence-corrected chi connectivity index (χ0v) is 8.00. The lowest BCUT2D eigenvalue weighted by Crippen LogP contribution is -2.05. The molecule has 0 aliphatic heterocycles. The molecule has 0 bridgehead atoms. The van der Waals surface area contributed by atoms with Crippen LogP contribution in [0.15, 0.2) is 18.2 Å². The lowest BCUT2D eigenvalue weighted by molar-refractivity contribution is 0.542. The van der Waals surface area contributed by atoms with Gasteiger partial charge in [-0.2, -0.15) is 5.26 Å². The van der Waals surface area contributed by atoms with Crippen molar-refractivity contribution in [2.45, 2.75) is 6.54 Å². The Labute approximate surface area is 84.0 Å². The fourth-order valence-corrected chi connectivity index (χ4v) is 1.35. The van der Waals surface area contributed by atoms with Gasteiger partial charge in [-0.05, 0) is 17.7 Å². The molecule has 1 rings (SSSR count). The first-order valence-corrected chi connectivity index (χ1v) is 4.84. The van der Waals surface area contributed by atoms with Gasteiger partial charge in [0.15, 0.2) is 0 Å². The molecule has 1 atom stereocenters. The largest absolute Gasteiger partial charge is 0.755 e. The maximum atomic E-state index is 10.3. The molecule has 0 aliphatic carbocycles. The summed E-state index contributed by atoms with van der Waals surface area (Å²) in [6, 6.07) is 6.61. The van der Waals surface area contributed by atoms with Gasteiger partial charge in [-0.3, -0.25) is 4.21 Å². The van der Waals surface area contributed by atoms with E-state index in [0.717, 1.165) is 5.56 Å². The molecule has 74 valence electrons. The molecule has 0 saturated carbocycles. The van der Waals surface area contributed by atoms with E-state index in [1.807, 2.05) is 6.07 Å². The Morgan fingerprint density at radius 1 is 1.64 bits per heavy atom. The van der Waals surface area contributed by atoms with E-state index in [1.165, 1.54) is 6.07 Å². The van der Waals surface area contributed by atoms with Crippen LogP contribution in [-0.4, -0.2) is 8.76 Å². The molecule has 1 aromatic carbocycles. The van der Waals surface area contributed by atoms with Crippen LogP contribution in [-0.2, 0) is 17.8 Å². The monoisotopic (exact) mass is 210 g/mol. The molecule has 1 unspecified atom stereocenters. The highest BCUT2D eigenvalue weighted by molar-refractivity contribution is 7.80. The average molecular weight is 210 g/mol. The molecular weight excluding hydrogens is 202 g/mol. The van der Waals surface area contributed by atoms with E-state index < -0.39 is 11.3 Å². The van der Waals surface area contributed by atoms with E-state index in [0.29, 0.717) is 6.54 Å². The van der Waals surface area contributed by atoms with E-state index >= 15 is 0 Å². The van der Waals surface area contributed by atoms with Gasteiger partial charge in [0, 0.05) is 17.8 Å². The first kappa shape index (κ1) is 10.7. The summed E-state index contributed by atoms with van der Waals surface area (Å²) in [6.45, 7) is 0.315. The number of nitrogens with one attached hydrogen (secondary N) is 1. The first-order chi connectivity index (χ1) is 6.67. The Morgan fingerprint density at radius 2 is 2.36 bits per heavy atom. The molecule has 0 amide bonds. The molecule has 0 aromatic heterocycles. The van der Waals surface area contributed by atoms with Crippen LogP contribution in [0.3, 0.4) is 0 Å². The van der Waals surface area contributed by atoms with E-state index in [9.17, 15) is 8.76 Å². The van der Waals surface area contributed by atoms with Crippen molar-refractivity contribution in [3.8, 4) is 6.07 Å². The van der Waals surface area contributed by atoms with Crippen molar-refractivity contribution in [2.24, 2.45) is 5.73 Å². The molecule has 5 nitrogen and oxygen atoms in total. The Hall–Kier alpha value is -1.42. The van der Waals surface area contributed by atoms with E-state index in [-0.39, 0.29) is 11.3 Å². The first-order valence-electron chi connectivity index (χ1n) is 3.76. The van der Waals surface area contributed by atoms with Crippen LogP contribution in [0.5, 0.6) is 0 Å². The lowest BCUT2D eigenvalue weighted by atomic mass is 10.1. The molecule has 3 N–H and O–H groups in total. The van der Waals surface area contributed by atoms with Gasteiger partial charge in [0.1, 0.15) is 6.07 Å². The number of anilines is 1. The smallest absolute Gasteiger partial charge is 0.101 e. The van der Waals surface area contributed by atoms with Gasteiger partial charge in [0.2, 0.25) is 0 Å². The van der Waals surface area contributed by atoms with E-state index in [4.69, 9.17) is 11.0 Å². The summed E-state index contributed by atoms with van der Waals surface area (Å²) in [4.78, 5) is 0. The van der Waals surface area contributed by atoms with Crippen molar-refractivity contribution < 1.29 is 8.76 Å². The SMILES string of the molecule is N#Cc1cc(CN)ccc1NS(=O)[O-].